The number of nitriles is 1. The average molecular weight is 142 g/mol. The quantitative estimate of drug-likeness (QED) is 0.590. The molecular formula is C10H8N. The maximum absolute atomic E-state index is 8.48. The number of benzene rings is 1. The van der Waals surface area contributed by atoms with E-state index in [9.17, 15) is 0 Å². The fourth-order valence-electron chi connectivity index (χ4n) is 0.805. The molecule has 0 amide bonds. The van der Waals surface area contributed by atoms with Crippen molar-refractivity contribution in [3.8, 4) is 6.07 Å². The van der Waals surface area contributed by atoms with E-state index in [-0.39, 0.29) is 0 Å². The molecule has 0 fully saturated rings. The van der Waals surface area contributed by atoms with E-state index >= 15 is 0 Å². The summed E-state index contributed by atoms with van der Waals surface area (Å²) in [5.74, 6) is 0. The van der Waals surface area contributed by atoms with Gasteiger partial charge in [-0.2, -0.15) is 5.26 Å². The van der Waals surface area contributed by atoms with Gasteiger partial charge in [-0.15, -0.1) is 0 Å². The molecule has 0 unspecified atom stereocenters. The van der Waals surface area contributed by atoms with Crippen LogP contribution >= 0.6 is 0 Å². The molecule has 0 aliphatic rings. The second-order valence-electron chi connectivity index (χ2n) is 2.14. The van der Waals surface area contributed by atoms with Crippen molar-refractivity contribution in [3.63, 3.8) is 0 Å². The Balaban J connectivity index is 2.94. The van der Waals surface area contributed by atoms with Crippen molar-refractivity contribution in [2.75, 3.05) is 0 Å². The van der Waals surface area contributed by atoms with Gasteiger partial charge in [0, 0.05) is 0 Å². The van der Waals surface area contributed by atoms with Crippen molar-refractivity contribution >= 4 is 6.08 Å². The molecule has 0 aliphatic heterocycles. The highest BCUT2D eigenvalue weighted by molar-refractivity contribution is 5.51. The lowest BCUT2D eigenvalue weighted by Crippen LogP contribution is -1.73. The van der Waals surface area contributed by atoms with Crippen LogP contribution in [0.2, 0.25) is 0 Å². The Morgan fingerprint density at radius 2 is 1.91 bits per heavy atom. The van der Waals surface area contributed by atoms with E-state index in [1.54, 1.807) is 18.2 Å². The van der Waals surface area contributed by atoms with Crippen LogP contribution in [0.25, 0.3) is 6.08 Å². The molecule has 1 radical (unpaired) electrons. The number of nitrogens with zero attached hydrogens (tertiary/aromatic N) is 1. The van der Waals surface area contributed by atoms with Gasteiger partial charge >= 0.3 is 0 Å². The van der Waals surface area contributed by atoms with Gasteiger partial charge in [-0.05, 0) is 24.6 Å². The first-order valence-electron chi connectivity index (χ1n) is 3.33. The minimum Gasteiger partial charge on any atom is -0.192 e. The molecule has 1 aromatic rings. The van der Waals surface area contributed by atoms with E-state index in [4.69, 9.17) is 5.26 Å². The average Bonchev–Trinajstić information content (AvgIpc) is 2.07. The molecule has 1 nitrogen and oxygen atoms in total. The molecule has 53 valence electrons. The third-order valence-electron chi connectivity index (χ3n) is 1.35. The van der Waals surface area contributed by atoms with Gasteiger partial charge in [0.25, 0.3) is 0 Å². The monoisotopic (exact) mass is 142 g/mol. The summed E-state index contributed by atoms with van der Waals surface area (Å²) in [6, 6.07) is 9.41. The SMILES string of the molecule is [CH2]/C=C/c1ccc(C#N)cc1. The summed E-state index contributed by atoms with van der Waals surface area (Å²) in [7, 11) is 0. The van der Waals surface area contributed by atoms with Crippen molar-refractivity contribution < 1.29 is 0 Å². The lowest BCUT2D eigenvalue weighted by Gasteiger charge is -1.90. The fourth-order valence-corrected chi connectivity index (χ4v) is 0.805. The summed E-state index contributed by atoms with van der Waals surface area (Å²) >= 11 is 0. The predicted octanol–water partition coefficient (Wildman–Crippen LogP) is 2.41. The van der Waals surface area contributed by atoms with Crippen LogP contribution in [-0.2, 0) is 0 Å². The van der Waals surface area contributed by atoms with Gasteiger partial charge in [0.2, 0.25) is 0 Å². The van der Waals surface area contributed by atoms with Crippen LogP contribution in [-0.4, -0.2) is 0 Å². The second-order valence-corrected chi connectivity index (χ2v) is 2.14. The van der Waals surface area contributed by atoms with Crippen molar-refractivity contribution in [3.05, 3.63) is 48.4 Å². The molecule has 11 heavy (non-hydrogen) atoms. The molecule has 0 saturated carbocycles. The molecule has 0 atom stereocenters. The van der Waals surface area contributed by atoms with Crippen LogP contribution in [0, 0.1) is 18.3 Å². The van der Waals surface area contributed by atoms with Gasteiger partial charge in [-0.3, -0.25) is 0 Å². The lowest BCUT2D eigenvalue weighted by atomic mass is 10.1. The molecule has 0 bridgehead atoms. The van der Waals surface area contributed by atoms with Gasteiger partial charge in [0.1, 0.15) is 0 Å². The van der Waals surface area contributed by atoms with Crippen LogP contribution in [0.15, 0.2) is 30.3 Å². The zero-order chi connectivity index (χ0) is 8.10. The van der Waals surface area contributed by atoms with E-state index in [1.807, 2.05) is 18.2 Å². The van der Waals surface area contributed by atoms with Gasteiger partial charge in [-0.25, -0.2) is 0 Å². The molecule has 0 heterocycles. The molecule has 0 N–H and O–H groups in total. The first-order chi connectivity index (χ1) is 5.36. The first-order valence-corrected chi connectivity index (χ1v) is 3.33. The van der Waals surface area contributed by atoms with Crippen LogP contribution in [0.3, 0.4) is 0 Å². The van der Waals surface area contributed by atoms with Gasteiger partial charge in [0.15, 0.2) is 0 Å². The molecule has 1 heteroatoms. The van der Waals surface area contributed by atoms with E-state index < -0.39 is 0 Å². The third kappa shape index (κ3) is 1.94. The maximum Gasteiger partial charge on any atom is 0.0991 e. The Morgan fingerprint density at radius 3 is 2.36 bits per heavy atom. The standard InChI is InChI=1S/C10H8N/c1-2-3-9-4-6-10(8-11)7-5-9/h2-7H,1H2/b3-2+. The summed E-state index contributed by atoms with van der Waals surface area (Å²) < 4.78 is 0. The van der Waals surface area contributed by atoms with Crippen molar-refractivity contribution in [1.29, 1.82) is 5.26 Å². The molecule has 0 saturated heterocycles. The third-order valence-corrected chi connectivity index (χ3v) is 1.35. The summed E-state index contributed by atoms with van der Waals surface area (Å²) in [4.78, 5) is 0. The smallest absolute Gasteiger partial charge is 0.0991 e. The molecule has 1 rings (SSSR count). The molecule has 0 aliphatic carbocycles. The summed E-state index contributed by atoms with van der Waals surface area (Å²) in [6.45, 7) is 3.58. The van der Waals surface area contributed by atoms with Crippen LogP contribution in [0.5, 0.6) is 0 Å². The fraction of sp³-hybridized carbons (Fsp3) is 0. The lowest BCUT2D eigenvalue weighted by molar-refractivity contribution is 1.48. The number of rotatable bonds is 1. The Morgan fingerprint density at radius 1 is 1.27 bits per heavy atom. The van der Waals surface area contributed by atoms with Crippen molar-refractivity contribution in [1.82, 2.24) is 0 Å². The zero-order valence-electron chi connectivity index (χ0n) is 6.12. The van der Waals surface area contributed by atoms with E-state index in [2.05, 4.69) is 13.0 Å². The summed E-state index contributed by atoms with van der Waals surface area (Å²) in [6.07, 6.45) is 3.61. The van der Waals surface area contributed by atoms with Crippen molar-refractivity contribution in [2.24, 2.45) is 0 Å². The zero-order valence-corrected chi connectivity index (χ0v) is 6.12. The van der Waals surface area contributed by atoms with Gasteiger partial charge in [0.05, 0.1) is 11.6 Å². The summed E-state index contributed by atoms with van der Waals surface area (Å²) in [5.41, 5.74) is 1.75. The van der Waals surface area contributed by atoms with Crippen molar-refractivity contribution in [2.45, 2.75) is 0 Å². The molecule has 0 aromatic heterocycles. The minimum atomic E-state index is 0.686. The van der Waals surface area contributed by atoms with Gasteiger partial charge in [-0.1, -0.05) is 24.3 Å². The highest BCUT2D eigenvalue weighted by atomic mass is 14.2. The van der Waals surface area contributed by atoms with Crippen LogP contribution < -0.4 is 0 Å². The number of hydrogen-bond acceptors (Lipinski definition) is 1. The predicted molar refractivity (Wildman–Crippen MR) is 45.5 cm³/mol. The van der Waals surface area contributed by atoms with E-state index in [0.29, 0.717) is 5.56 Å². The Kier molecular flexibility index (Phi) is 2.46. The Labute approximate surface area is 66.6 Å². The molecular weight excluding hydrogens is 134 g/mol. The highest BCUT2D eigenvalue weighted by Gasteiger charge is 1.87. The molecule has 0 spiro atoms. The van der Waals surface area contributed by atoms with Crippen LogP contribution in [0.4, 0.5) is 0 Å². The maximum atomic E-state index is 8.48. The Hall–Kier alpha value is -1.55. The minimum absolute atomic E-state index is 0.686. The van der Waals surface area contributed by atoms with E-state index in [0.717, 1.165) is 5.56 Å². The normalized spacial score (nSPS) is 9.82. The highest BCUT2D eigenvalue weighted by Crippen LogP contribution is 2.04. The second kappa shape index (κ2) is 3.58. The number of allylic oxidation sites excluding steroid dienone is 1. The number of hydrogen-bond donors (Lipinski definition) is 0. The van der Waals surface area contributed by atoms with Crippen LogP contribution in [0.1, 0.15) is 11.1 Å². The van der Waals surface area contributed by atoms with E-state index in [1.165, 1.54) is 0 Å². The summed E-state index contributed by atoms with van der Waals surface area (Å²) in [5, 5.41) is 8.48. The first kappa shape index (κ1) is 7.56. The van der Waals surface area contributed by atoms with Gasteiger partial charge < -0.3 is 0 Å². The topological polar surface area (TPSA) is 23.8 Å². The Bertz CT molecular complexity index is 288. The molecule has 1 aromatic carbocycles. The largest absolute Gasteiger partial charge is 0.192 e.